The van der Waals surface area contributed by atoms with Crippen molar-refractivity contribution in [2.75, 3.05) is 25.1 Å². The molecule has 8 heteroatoms. The topological polar surface area (TPSA) is 80.1 Å². The number of ether oxygens (including phenoxy) is 1. The van der Waals surface area contributed by atoms with Gasteiger partial charge in [0.05, 0.1) is 18.6 Å². The number of thioether (sulfide) groups is 1. The zero-order valence-electron chi connectivity index (χ0n) is 18.1. The summed E-state index contributed by atoms with van der Waals surface area (Å²) in [6.07, 6.45) is 4.17. The number of furan rings is 1. The lowest BCUT2D eigenvalue weighted by molar-refractivity contribution is -0.123. The number of carbonyl (C=O) groups is 3. The number of anilines is 1. The monoisotopic (exact) mass is 462 g/mol. The second kappa shape index (κ2) is 8.78. The zero-order valence-corrected chi connectivity index (χ0v) is 18.9. The predicted molar refractivity (Wildman–Crippen MR) is 127 cm³/mol. The Labute approximate surface area is 195 Å². The molecule has 7 nitrogen and oxygen atoms in total. The van der Waals surface area contributed by atoms with Crippen molar-refractivity contribution in [3.05, 3.63) is 70.5 Å². The highest BCUT2D eigenvalue weighted by molar-refractivity contribution is 8.18. The Kier molecular flexibility index (Phi) is 5.68. The molecule has 0 spiro atoms. The molecule has 1 aromatic heterocycles. The number of hydrogen-bond donors (Lipinski definition) is 0. The van der Waals surface area contributed by atoms with E-state index in [4.69, 9.17) is 4.42 Å². The van der Waals surface area contributed by atoms with Gasteiger partial charge in [-0.15, -0.1) is 0 Å². The molecule has 3 heterocycles. The standard InChI is InChI=1S/C25H22N2O5S/c1-31-24(29)21-11-9-17(32-21)15-27-23(28)22(33-25(27)30)14-16-8-10-20(26-12-4-5-13-26)19-7-3-2-6-18(16)19/h2-3,6-11,14H,4-5,12-13,15H2,1H3/b22-14+. The first-order valence-electron chi connectivity index (χ1n) is 10.7. The highest BCUT2D eigenvalue weighted by atomic mass is 32.2. The molecule has 168 valence electrons. The Hall–Kier alpha value is -3.52. The zero-order chi connectivity index (χ0) is 22.9. The van der Waals surface area contributed by atoms with E-state index in [0.29, 0.717) is 10.7 Å². The Bertz CT molecular complexity index is 1290. The summed E-state index contributed by atoms with van der Waals surface area (Å²) in [4.78, 5) is 41.0. The van der Waals surface area contributed by atoms with Crippen LogP contribution in [0.25, 0.3) is 16.8 Å². The molecule has 2 fully saturated rings. The molecule has 0 N–H and O–H groups in total. The van der Waals surface area contributed by atoms with Gasteiger partial charge in [0, 0.05) is 24.2 Å². The highest BCUT2D eigenvalue weighted by Gasteiger charge is 2.36. The van der Waals surface area contributed by atoms with Gasteiger partial charge < -0.3 is 14.1 Å². The predicted octanol–water partition coefficient (Wildman–Crippen LogP) is 5.06. The molecule has 0 aliphatic carbocycles. The molecule has 3 aromatic rings. The van der Waals surface area contributed by atoms with Gasteiger partial charge in [-0.05, 0) is 59.8 Å². The third kappa shape index (κ3) is 4.02. The Morgan fingerprint density at radius 3 is 2.58 bits per heavy atom. The molecule has 2 amide bonds. The minimum atomic E-state index is -0.612. The second-order valence-electron chi connectivity index (χ2n) is 7.94. The third-order valence-corrected chi connectivity index (χ3v) is 6.81. The molecular weight excluding hydrogens is 440 g/mol. The maximum atomic E-state index is 13.0. The number of benzene rings is 2. The van der Waals surface area contributed by atoms with Crippen molar-refractivity contribution in [2.45, 2.75) is 19.4 Å². The summed E-state index contributed by atoms with van der Waals surface area (Å²) in [5.41, 5.74) is 2.10. The van der Waals surface area contributed by atoms with Gasteiger partial charge in [0.1, 0.15) is 5.76 Å². The molecule has 0 atom stereocenters. The lowest BCUT2D eigenvalue weighted by atomic mass is 10.0. The fourth-order valence-corrected chi connectivity index (χ4v) is 5.10. The van der Waals surface area contributed by atoms with Crippen LogP contribution in [0.4, 0.5) is 10.5 Å². The van der Waals surface area contributed by atoms with E-state index in [0.717, 1.165) is 46.1 Å². The summed E-state index contributed by atoms with van der Waals surface area (Å²) in [7, 11) is 1.26. The number of rotatable bonds is 5. The smallest absolute Gasteiger partial charge is 0.373 e. The summed E-state index contributed by atoms with van der Waals surface area (Å²) in [5.74, 6) is -0.632. The summed E-state index contributed by atoms with van der Waals surface area (Å²) in [6, 6.07) is 15.3. The number of hydrogen-bond acceptors (Lipinski definition) is 7. The van der Waals surface area contributed by atoms with Crippen molar-refractivity contribution in [3.8, 4) is 0 Å². The fourth-order valence-electron chi connectivity index (χ4n) is 4.27. The molecule has 2 aliphatic heterocycles. The lowest BCUT2D eigenvalue weighted by Crippen LogP contribution is -2.27. The highest BCUT2D eigenvalue weighted by Crippen LogP contribution is 2.37. The number of amides is 2. The molecule has 33 heavy (non-hydrogen) atoms. The Morgan fingerprint density at radius 1 is 1.06 bits per heavy atom. The van der Waals surface area contributed by atoms with Gasteiger partial charge in [0.15, 0.2) is 0 Å². The van der Waals surface area contributed by atoms with Crippen LogP contribution in [0.15, 0.2) is 57.9 Å². The van der Waals surface area contributed by atoms with Crippen molar-refractivity contribution in [1.82, 2.24) is 4.90 Å². The first-order valence-corrected chi connectivity index (χ1v) is 11.6. The van der Waals surface area contributed by atoms with Crippen LogP contribution in [-0.4, -0.2) is 42.2 Å². The molecule has 0 saturated carbocycles. The minimum absolute atomic E-state index is 0.0274. The number of methoxy groups -OCH3 is 1. The molecule has 0 radical (unpaired) electrons. The van der Waals surface area contributed by atoms with Crippen molar-refractivity contribution in [1.29, 1.82) is 0 Å². The Balaban J connectivity index is 1.42. The minimum Gasteiger partial charge on any atom is -0.463 e. The van der Waals surface area contributed by atoms with Gasteiger partial charge in [-0.3, -0.25) is 14.5 Å². The number of fused-ring (bicyclic) bond motifs is 1. The average molecular weight is 463 g/mol. The first kappa shape index (κ1) is 21.3. The van der Waals surface area contributed by atoms with Crippen LogP contribution in [0.3, 0.4) is 0 Å². The molecule has 2 saturated heterocycles. The van der Waals surface area contributed by atoms with Crippen LogP contribution in [0.5, 0.6) is 0 Å². The molecule has 0 unspecified atom stereocenters. The van der Waals surface area contributed by atoms with E-state index in [1.807, 2.05) is 24.3 Å². The maximum Gasteiger partial charge on any atom is 0.373 e. The third-order valence-electron chi connectivity index (χ3n) is 5.90. The van der Waals surface area contributed by atoms with Gasteiger partial charge in [-0.25, -0.2) is 4.79 Å². The number of imide groups is 1. The van der Waals surface area contributed by atoms with Gasteiger partial charge in [0.2, 0.25) is 5.76 Å². The quantitative estimate of drug-likeness (QED) is 0.387. The van der Waals surface area contributed by atoms with E-state index in [-0.39, 0.29) is 23.5 Å². The van der Waals surface area contributed by atoms with Crippen LogP contribution in [0.1, 0.15) is 34.7 Å². The van der Waals surface area contributed by atoms with Crippen LogP contribution in [0.2, 0.25) is 0 Å². The van der Waals surface area contributed by atoms with Crippen LogP contribution in [-0.2, 0) is 16.1 Å². The van der Waals surface area contributed by atoms with Crippen molar-refractivity contribution in [3.63, 3.8) is 0 Å². The first-order chi connectivity index (χ1) is 16.0. The molecule has 2 aliphatic rings. The van der Waals surface area contributed by atoms with Gasteiger partial charge in [-0.2, -0.15) is 0 Å². The van der Waals surface area contributed by atoms with E-state index in [9.17, 15) is 14.4 Å². The van der Waals surface area contributed by atoms with Crippen molar-refractivity contribution >= 4 is 51.4 Å². The molecule has 5 rings (SSSR count). The van der Waals surface area contributed by atoms with Gasteiger partial charge in [-0.1, -0.05) is 30.3 Å². The van der Waals surface area contributed by atoms with E-state index in [1.165, 1.54) is 31.7 Å². The van der Waals surface area contributed by atoms with Crippen LogP contribution >= 0.6 is 11.8 Å². The van der Waals surface area contributed by atoms with E-state index in [1.54, 1.807) is 12.1 Å². The number of nitrogens with zero attached hydrogens (tertiary/aromatic N) is 2. The summed E-state index contributed by atoms with van der Waals surface area (Å²) >= 11 is 0.906. The normalized spacial score (nSPS) is 17.5. The number of carbonyl (C=O) groups excluding carboxylic acids is 3. The maximum absolute atomic E-state index is 13.0. The van der Waals surface area contributed by atoms with Crippen molar-refractivity contribution in [2.24, 2.45) is 0 Å². The summed E-state index contributed by atoms with van der Waals surface area (Å²) < 4.78 is 10.0. The molecular formula is C25H22N2O5S. The fraction of sp³-hybridized carbons (Fsp3) is 0.240. The van der Waals surface area contributed by atoms with Crippen LogP contribution < -0.4 is 4.90 Å². The largest absolute Gasteiger partial charge is 0.463 e. The molecule has 2 aromatic carbocycles. The second-order valence-corrected chi connectivity index (χ2v) is 8.93. The Morgan fingerprint density at radius 2 is 1.82 bits per heavy atom. The summed E-state index contributed by atoms with van der Waals surface area (Å²) in [6.45, 7) is 2.05. The van der Waals surface area contributed by atoms with E-state index >= 15 is 0 Å². The average Bonchev–Trinajstić information content (AvgIpc) is 3.58. The van der Waals surface area contributed by atoms with E-state index < -0.39 is 5.97 Å². The van der Waals surface area contributed by atoms with Gasteiger partial charge in [0.25, 0.3) is 11.1 Å². The summed E-state index contributed by atoms with van der Waals surface area (Å²) in [5, 5.41) is 1.81. The number of esters is 1. The van der Waals surface area contributed by atoms with Crippen molar-refractivity contribution < 1.29 is 23.5 Å². The lowest BCUT2D eigenvalue weighted by Gasteiger charge is -2.20. The van der Waals surface area contributed by atoms with E-state index in [2.05, 4.69) is 21.8 Å². The molecule has 0 bridgehead atoms. The van der Waals surface area contributed by atoms with Crippen LogP contribution in [0, 0.1) is 0 Å². The SMILES string of the molecule is COC(=O)c1ccc(CN2C(=O)S/C(=C/c3ccc(N4CCCC4)c4ccccc34)C2=O)o1. The van der Waals surface area contributed by atoms with Gasteiger partial charge >= 0.3 is 5.97 Å².